The number of carbonyl (C=O) groups excluding carboxylic acids is 1. The van der Waals surface area contributed by atoms with Crippen LogP contribution >= 0.6 is 0 Å². The van der Waals surface area contributed by atoms with Gasteiger partial charge in [0.1, 0.15) is 6.04 Å². The first-order valence-corrected chi connectivity index (χ1v) is 5.76. The summed E-state index contributed by atoms with van der Waals surface area (Å²) in [7, 11) is 0. The van der Waals surface area contributed by atoms with E-state index in [1.54, 1.807) is 0 Å². The average molecular weight is 228 g/mol. The number of aliphatic carboxylic acids is 1. The molecule has 0 aromatic rings. The molecule has 1 aliphatic rings. The van der Waals surface area contributed by atoms with Crippen LogP contribution in [0.2, 0.25) is 0 Å². The Morgan fingerprint density at radius 3 is 2.38 bits per heavy atom. The molecule has 0 aromatic carbocycles. The summed E-state index contributed by atoms with van der Waals surface area (Å²) >= 11 is 0. The molecule has 1 atom stereocenters. The highest BCUT2D eigenvalue weighted by Gasteiger charge is 2.29. The Bertz CT molecular complexity index is 262. The highest BCUT2D eigenvalue weighted by atomic mass is 16.4. The Morgan fingerprint density at radius 2 is 1.94 bits per heavy atom. The minimum absolute atomic E-state index is 0.0385. The number of amides is 1. The quantitative estimate of drug-likeness (QED) is 0.544. The molecule has 0 spiro atoms. The van der Waals surface area contributed by atoms with E-state index in [4.69, 9.17) is 5.11 Å². The topological polar surface area (TPSA) is 78.4 Å². The maximum Gasteiger partial charge on any atom is 0.320 e. The van der Waals surface area contributed by atoms with Crippen molar-refractivity contribution in [2.45, 2.75) is 32.7 Å². The molecule has 92 valence electrons. The first kappa shape index (κ1) is 13.0. The van der Waals surface area contributed by atoms with Crippen LogP contribution in [0, 0.1) is 11.8 Å². The van der Waals surface area contributed by atoms with Gasteiger partial charge in [-0.2, -0.15) is 0 Å². The average Bonchev–Trinajstić information content (AvgIpc) is 2.98. The van der Waals surface area contributed by atoms with Gasteiger partial charge in [-0.15, -0.1) is 0 Å². The summed E-state index contributed by atoms with van der Waals surface area (Å²) < 4.78 is 0. The van der Waals surface area contributed by atoms with Crippen molar-refractivity contribution in [2.24, 2.45) is 11.8 Å². The lowest BCUT2D eigenvalue weighted by atomic mass is 10.1. The predicted molar refractivity (Wildman–Crippen MR) is 60.0 cm³/mol. The number of hydrogen-bond donors (Lipinski definition) is 3. The van der Waals surface area contributed by atoms with Crippen LogP contribution in [0.5, 0.6) is 0 Å². The van der Waals surface area contributed by atoms with E-state index in [2.05, 4.69) is 10.6 Å². The Balaban J connectivity index is 2.12. The Morgan fingerprint density at radius 1 is 1.31 bits per heavy atom. The number of carboxylic acid groups (broad SMARTS) is 1. The fraction of sp³-hybridized carbons (Fsp3) is 0.818. The van der Waals surface area contributed by atoms with E-state index in [0.717, 1.165) is 12.8 Å². The van der Waals surface area contributed by atoms with Crippen molar-refractivity contribution in [3.05, 3.63) is 0 Å². The lowest BCUT2D eigenvalue weighted by molar-refractivity contribution is -0.140. The van der Waals surface area contributed by atoms with Gasteiger partial charge < -0.3 is 15.7 Å². The second-order valence-corrected chi connectivity index (χ2v) is 4.58. The Hall–Kier alpha value is -1.10. The largest absolute Gasteiger partial charge is 0.480 e. The zero-order valence-corrected chi connectivity index (χ0v) is 9.82. The maximum atomic E-state index is 11.3. The second-order valence-electron chi connectivity index (χ2n) is 4.58. The van der Waals surface area contributed by atoms with E-state index in [-0.39, 0.29) is 17.7 Å². The molecule has 0 radical (unpaired) electrons. The number of carboxylic acids is 1. The zero-order chi connectivity index (χ0) is 12.1. The monoisotopic (exact) mass is 228 g/mol. The first-order chi connectivity index (χ1) is 7.52. The SMILES string of the molecule is CC(C)C(NCCNC(=O)C1CC1)C(=O)O. The van der Waals surface area contributed by atoms with Gasteiger partial charge in [0.2, 0.25) is 5.91 Å². The van der Waals surface area contributed by atoms with E-state index in [0.29, 0.717) is 13.1 Å². The van der Waals surface area contributed by atoms with Crippen LogP contribution in [-0.4, -0.2) is 36.1 Å². The van der Waals surface area contributed by atoms with Crippen molar-refractivity contribution in [1.82, 2.24) is 10.6 Å². The molecule has 1 aliphatic carbocycles. The van der Waals surface area contributed by atoms with Crippen molar-refractivity contribution >= 4 is 11.9 Å². The lowest BCUT2D eigenvalue weighted by Gasteiger charge is -2.17. The summed E-state index contributed by atoms with van der Waals surface area (Å²) in [6, 6.07) is -0.544. The number of carbonyl (C=O) groups is 2. The summed E-state index contributed by atoms with van der Waals surface area (Å²) in [5, 5.41) is 14.6. The number of rotatable bonds is 7. The third kappa shape index (κ3) is 4.18. The van der Waals surface area contributed by atoms with E-state index >= 15 is 0 Å². The predicted octanol–water partition coefficient (Wildman–Crippen LogP) is 0.211. The second kappa shape index (κ2) is 5.84. The lowest BCUT2D eigenvalue weighted by Crippen LogP contribution is -2.44. The molecule has 0 saturated heterocycles. The van der Waals surface area contributed by atoms with Crippen LogP contribution in [0.4, 0.5) is 0 Å². The van der Waals surface area contributed by atoms with Crippen LogP contribution in [0.15, 0.2) is 0 Å². The third-order valence-corrected chi connectivity index (χ3v) is 2.67. The molecule has 1 unspecified atom stereocenters. The van der Waals surface area contributed by atoms with Crippen LogP contribution in [-0.2, 0) is 9.59 Å². The number of nitrogens with one attached hydrogen (secondary N) is 2. The molecule has 0 bridgehead atoms. The van der Waals surface area contributed by atoms with Crippen LogP contribution in [0.1, 0.15) is 26.7 Å². The molecule has 16 heavy (non-hydrogen) atoms. The van der Waals surface area contributed by atoms with Gasteiger partial charge in [-0.3, -0.25) is 9.59 Å². The molecule has 1 fully saturated rings. The fourth-order valence-corrected chi connectivity index (χ4v) is 1.51. The molecule has 5 nitrogen and oxygen atoms in total. The normalized spacial score (nSPS) is 17.2. The molecular weight excluding hydrogens is 208 g/mol. The fourth-order valence-electron chi connectivity index (χ4n) is 1.51. The van der Waals surface area contributed by atoms with Gasteiger partial charge in [0.05, 0.1) is 0 Å². The summed E-state index contributed by atoms with van der Waals surface area (Å²) in [6.07, 6.45) is 1.98. The molecule has 1 amide bonds. The number of hydrogen-bond acceptors (Lipinski definition) is 3. The van der Waals surface area contributed by atoms with Crippen molar-refractivity contribution in [1.29, 1.82) is 0 Å². The van der Waals surface area contributed by atoms with Gasteiger partial charge in [0.25, 0.3) is 0 Å². The van der Waals surface area contributed by atoms with Crippen molar-refractivity contribution in [2.75, 3.05) is 13.1 Å². The Labute approximate surface area is 95.6 Å². The third-order valence-electron chi connectivity index (χ3n) is 2.67. The molecule has 0 aromatic heterocycles. The summed E-state index contributed by atoms with van der Waals surface area (Å²) in [4.78, 5) is 22.1. The molecule has 1 saturated carbocycles. The van der Waals surface area contributed by atoms with Gasteiger partial charge in [0, 0.05) is 19.0 Å². The summed E-state index contributed by atoms with van der Waals surface area (Å²) in [5.41, 5.74) is 0. The standard InChI is InChI=1S/C11H20N2O3/c1-7(2)9(11(15)16)12-5-6-13-10(14)8-3-4-8/h7-9,12H,3-6H2,1-2H3,(H,13,14)(H,15,16). The molecule has 5 heteroatoms. The van der Waals surface area contributed by atoms with Crippen LogP contribution < -0.4 is 10.6 Å². The van der Waals surface area contributed by atoms with Crippen LogP contribution in [0.25, 0.3) is 0 Å². The molecule has 0 aliphatic heterocycles. The minimum Gasteiger partial charge on any atom is -0.480 e. The van der Waals surface area contributed by atoms with Gasteiger partial charge in [0.15, 0.2) is 0 Å². The molecular formula is C11H20N2O3. The van der Waals surface area contributed by atoms with E-state index in [9.17, 15) is 9.59 Å². The Kier molecular flexibility index (Phi) is 4.73. The van der Waals surface area contributed by atoms with E-state index in [1.807, 2.05) is 13.8 Å². The van der Waals surface area contributed by atoms with Gasteiger partial charge in [-0.1, -0.05) is 13.8 Å². The van der Waals surface area contributed by atoms with E-state index < -0.39 is 12.0 Å². The van der Waals surface area contributed by atoms with Crippen molar-refractivity contribution < 1.29 is 14.7 Å². The van der Waals surface area contributed by atoms with E-state index in [1.165, 1.54) is 0 Å². The highest BCUT2D eigenvalue weighted by molar-refractivity contribution is 5.80. The summed E-state index contributed by atoms with van der Waals surface area (Å²) in [5.74, 6) is -0.501. The molecule has 0 heterocycles. The van der Waals surface area contributed by atoms with Gasteiger partial charge in [-0.25, -0.2) is 0 Å². The first-order valence-electron chi connectivity index (χ1n) is 5.76. The van der Waals surface area contributed by atoms with Crippen LogP contribution in [0.3, 0.4) is 0 Å². The maximum absolute atomic E-state index is 11.3. The smallest absolute Gasteiger partial charge is 0.320 e. The molecule has 1 rings (SSSR count). The highest BCUT2D eigenvalue weighted by Crippen LogP contribution is 2.28. The summed E-state index contributed by atoms with van der Waals surface area (Å²) in [6.45, 7) is 4.70. The van der Waals surface area contributed by atoms with Crippen molar-refractivity contribution in [3.63, 3.8) is 0 Å². The van der Waals surface area contributed by atoms with Gasteiger partial charge in [-0.05, 0) is 18.8 Å². The minimum atomic E-state index is -0.844. The zero-order valence-electron chi connectivity index (χ0n) is 9.82. The molecule has 3 N–H and O–H groups in total. The van der Waals surface area contributed by atoms with Gasteiger partial charge >= 0.3 is 5.97 Å². The van der Waals surface area contributed by atoms with Crippen molar-refractivity contribution in [3.8, 4) is 0 Å².